The zero-order valence-electron chi connectivity index (χ0n) is 14.8. The SMILES string of the molecule is CN(CC1=NS(=O)(=O)c2ccccc2N1)c1ccccc1-c1ccccc1. The van der Waals surface area contributed by atoms with Crippen LogP contribution in [0.5, 0.6) is 0 Å². The molecule has 1 aliphatic rings. The van der Waals surface area contributed by atoms with Crippen LogP contribution in [0.4, 0.5) is 11.4 Å². The van der Waals surface area contributed by atoms with Gasteiger partial charge >= 0.3 is 0 Å². The minimum atomic E-state index is -3.68. The van der Waals surface area contributed by atoms with Crippen LogP contribution in [0.15, 0.2) is 88.2 Å². The van der Waals surface area contributed by atoms with Gasteiger partial charge in [-0.2, -0.15) is 8.42 Å². The first kappa shape index (κ1) is 17.3. The molecule has 136 valence electrons. The summed E-state index contributed by atoms with van der Waals surface area (Å²) in [6.07, 6.45) is 0. The van der Waals surface area contributed by atoms with E-state index in [4.69, 9.17) is 0 Å². The fourth-order valence-electron chi connectivity index (χ4n) is 3.21. The molecule has 0 amide bonds. The van der Waals surface area contributed by atoms with E-state index in [1.807, 2.05) is 48.3 Å². The molecule has 1 aliphatic heterocycles. The van der Waals surface area contributed by atoms with Gasteiger partial charge in [-0.05, 0) is 23.8 Å². The minimum Gasteiger partial charge on any atom is -0.367 e. The van der Waals surface area contributed by atoms with E-state index in [0.717, 1.165) is 16.8 Å². The molecule has 3 aromatic carbocycles. The molecule has 0 unspecified atom stereocenters. The normalized spacial score (nSPS) is 14.6. The van der Waals surface area contributed by atoms with Crippen molar-refractivity contribution in [2.45, 2.75) is 4.90 Å². The Morgan fingerprint density at radius 1 is 0.889 bits per heavy atom. The van der Waals surface area contributed by atoms with Crippen molar-refractivity contribution in [3.63, 3.8) is 0 Å². The molecule has 0 fully saturated rings. The second kappa shape index (κ2) is 6.89. The molecule has 0 radical (unpaired) electrons. The molecule has 1 N–H and O–H groups in total. The summed E-state index contributed by atoms with van der Waals surface area (Å²) in [5.41, 5.74) is 3.76. The summed E-state index contributed by atoms with van der Waals surface area (Å²) in [5, 5.41) is 3.14. The van der Waals surface area contributed by atoms with Crippen LogP contribution >= 0.6 is 0 Å². The monoisotopic (exact) mass is 377 g/mol. The molecule has 6 heteroatoms. The molecule has 1 heterocycles. The second-order valence-corrected chi connectivity index (χ2v) is 7.95. The predicted molar refractivity (Wildman–Crippen MR) is 110 cm³/mol. The molecule has 4 rings (SSSR count). The van der Waals surface area contributed by atoms with E-state index in [0.29, 0.717) is 18.1 Å². The highest BCUT2D eigenvalue weighted by molar-refractivity contribution is 7.90. The first-order chi connectivity index (χ1) is 13.0. The third kappa shape index (κ3) is 3.44. The van der Waals surface area contributed by atoms with Crippen LogP contribution in [0.25, 0.3) is 11.1 Å². The summed E-state index contributed by atoms with van der Waals surface area (Å²) in [7, 11) is -1.75. The Bertz CT molecular complexity index is 1110. The zero-order valence-corrected chi connectivity index (χ0v) is 15.6. The van der Waals surface area contributed by atoms with E-state index in [9.17, 15) is 8.42 Å². The van der Waals surface area contributed by atoms with Crippen molar-refractivity contribution < 1.29 is 8.42 Å². The molecular weight excluding hydrogens is 358 g/mol. The van der Waals surface area contributed by atoms with E-state index >= 15 is 0 Å². The topological polar surface area (TPSA) is 61.8 Å². The third-order valence-electron chi connectivity index (χ3n) is 4.46. The average molecular weight is 377 g/mol. The van der Waals surface area contributed by atoms with Gasteiger partial charge in [-0.15, -0.1) is 4.40 Å². The van der Waals surface area contributed by atoms with Gasteiger partial charge in [0, 0.05) is 18.3 Å². The lowest BCUT2D eigenvalue weighted by Crippen LogP contribution is -2.33. The number of sulfonamides is 1. The van der Waals surface area contributed by atoms with E-state index in [-0.39, 0.29) is 4.90 Å². The first-order valence-electron chi connectivity index (χ1n) is 8.60. The van der Waals surface area contributed by atoms with Crippen LogP contribution in [0, 0.1) is 0 Å². The lowest BCUT2D eigenvalue weighted by molar-refractivity contribution is 0.597. The molecule has 0 atom stereocenters. The Hall–Kier alpha value is -3.12. The quantitative estimate of drug-likeness (QED) is 0.746. The van der Waals surface area contributed by atoms with E-state index in [1.54, 1.807) is 24.3 Å². The molecular formula is C21H19N3O2S. The number of benzene rings is 3. The molecule has 0 aromatic heterocycles. The van der Waals surface area contributed by atoms with Crippen molar-refractivity contribution in [1.82, 2.24) is 0 Å². The summed E-state index contributed by atoms with van der Waals surface area (Å²) in [4.78, 5) is 2.21. The molecule has 3 aromatic rings. The van der Waals surface area contributed by atoms with Crippen LogP contribution < -0.4 is 10.2 Å². The Morgan fingerprint density at radius 3 is 2.37 bits per heavy atom. The van der Waals surface area contributed by atoms with Gasteiger partial charge in [0.05, 0.1) is 12.2 Å². The van der Waals surface area contributed by atoms with Crippen molar-refractivity contribution in [1.29, 1.82) is 0 Å². The van der Waals surface area contributed by atoms with E-state index in [1.165, 1.54) is 0 Å². The van der Waals surface area contributed by atoms with Gasteiger partial charge in [0.15, 0.2) is 0 Å². The number of rotatable bonds is 4. The zero-order chi connectivity index (χ0) is 18.9. The van der Waals surface area contributed by atoms with Gasteiger partial charge in [0.1, 0.15) is 10.7 Å². The van der Waals surface area contributed by atoms with Crippen LogP contribution in [-0.2, 0) is 10.0 Å². The van der Waals surface area contributed by atoms with Crippen LogP contribution in [0.2, 0.25) is 0 Å². The van der Waals surface area contributed by atoms with Crippen LogP contribution in [0.1, 0.15) is 0 Å². The van der Waals surface area contributed by atoms with Gasteiger partial charge in [0.25, 0.3) is 10.0 Å². The molecule has 0 saturated carbocycles. The summed E-state index contributed by atoms with van der Waals surface area (Å²) in [6.45, 7) is 0.345. The van der Waals surface area contributed by atoms with E-state index in [2.05, 4.69) is 27.9 Å². The maximum Gasteiger partial charge on any atom is 0.286 e. The number of fused-ring (bicyclic) bond motifs is 1. The lowest BCUT2D eigenvalue weighted by Gasteiger charge is -2.25. The Morgan fingerprint density at radius 2 is 1.56 bits per heavy atom. The molecule has 27 heavy (non-hydrogen) atoms. The number of anilines is 2. The molecule has 0 bridgehead atoms. The van der Waals surface area contributed by atoms with Crippen molar-refractivity contribution >= 4 is 27.2 Å². The van der Waals surface area contributed by atoms with Gasteiger partial charge in [-0.25, -0.2) is 0 Å². The van der Waals surface area contributed by atoms with E-state index < -0.39 is 10.0 Å². The second-order valence-electron chi connectivity index (χ2n) is 6.37. The van der Waals surface area contributed by atoms with Crippen molar-refractivity contribution in [3.05, 3.63) is 78.9 Å². The first-order valence-corrected chi connectivity index (χ1v) is 10.0. The van der Waals surface area contributed by atoms with Crippen molar-refractivity contribution in [2.24, 2.45) is 4.40 Å². The summed E-state index contributed by atoms with van der Waals surface area (Å²) in [6, 6.07) is 25.0. The van der Waals surface area contributed by atoms with Crippen LogP contribution in [-0.4, -0.2) is 27.8 Å². The average Bonchev–Trinajstić information content (AvgIpc) is 2.68. The smallest absolute Gasteiger partial charge is 0.286 e. The van der Waals surface area contributed by atoms with Gasteiger partial charge in [-0.3, -0.25) is 0 Å². The summed E-state index contributed by atoms with van der Waals surface area (Å²) < 4.78 is 28.8. The van der Waals surface area contributed by atoms with Crippen molar-refractivity contribution in [2.75, 3.05) is 23.8 Å². The third-order valence-corrected chi connectivity index (χ3v) is 5.83. The van der Waals surface area contributed by atoms with Gasteiger partial charge < -0.3 is 10.2 Å². The minimum absolute atomic E-state index is 0.209. The number of para-hydroxylation sites is 2. The maximum absolute atomic E-state index is 12.4. The highest BCUT2D eigenvalue weighted by atomic mass is 32.2. The number of amidine groups is 1. The molecule has 0 aliphatic carbocycles. The fraction of sp³-hybridized carbons (Fsp3) is 0.0952. The number of hydrogen-bond donors (Lipinski definition) is 1. The summed E-state index contributed by atoms with van der Waals surface area (Å²) in [5.74, 6) is 0.402. The standard InChI is InChI=1S/C21H19N3O2S/c1-24(19-13-7-5-11-17(19)16-9-3-2-4-10-16)15-21-22-18-12-6-8-14-20(18)27(25,26)23-21/h2-14H,15H2,1H3,(H,22,23). The molecule has 0 spiro atoms. The van der Waals surface area contributed by atoms with Crippen LogP contribution in [0.3, 0.4) is 0 Å². The highest BCUT2D eigenvalue weighted by Crippen LogP contribution is 2.31. The van der Waals surface area contributed by atoms with Gasteiger partial charge in [-0.1, -0.05) is 60.7 Å². The highest BCUT2D eigenvalue weighted by Gasteiger charge is 2.25. The Balaban J connectivity index is 1.65. The largest absolute Gasteiger partial charge is 0.367 e. The summed E-state index contributed by atoms with van der Waals surface area (Å²) >= 11 is 0. The molecule has 5 nitrogen and oxygen atoms in total. The van der Waals surface area contributed by atoms with Gasteiger partial charge in [0.2, 0.25) is 0 Å². The Kier molecular flexibility index (Phi) is 4.41. The predicted octanol–water partition coefficient (Wildman–Crippen LogP) is 4.00. The number of hydrogen-bond acceptors (Lipinski definition) is 4. The fourth-order valence-corrected chi connectivity index (χ4v) is 4.35. The number of likely N-dealkylation sites (N-methyl/N-ethyl adjacent to an activating group) is 1. The molecule has 0 saturated heterocycles. The van der Waals surface area contributed by atoms with Crippen molar-refractivity contribution in [3.8, 4) is 11.1 Å². The number of nitrogens with zero attached hydrogens (tertiary/aromatic N) is 2. The maximum atomic E-state index is 12.4. The Labute approximate surface area is 159 Å². The number of nitrogens with one attached hydrogen (secondary N) is 1. The lowest BCUT2D eigenvalue weighted by atomic mass is 10.0.